The van der Waals surface area contributed by atoms with E-state index >= 15 is 0 Å². The minimum Gasteiger partial charge on any atom is -0.512 e. The molecule has 23 heavy (non-hydrogen) atoms. The molecule has 0 aromatic heterocycles. The highest BCUT2D eigenvalue weighted by Crippen LogP contribution is 2.39. The van der Waals surface area contributed by atoms with Crippen LogP contribution in [0.5, 0.6) is 0 Å². The average molecular weight is 312 g/mol. The van der Waals surface area contributed by atoms with Crippen molar-refractivity contribution in [3.8, 4) is 0 Å². The molecular weight excluding hydrogens is 295 g/mol. The molecule has 0 fully saturated rings. The summed E-state index contributed by atoms with van der Waals surface area (Å²) in [6, 6.07) is 15.7. The number of ether oxygens (including phenoxy) is 1. The summed E-state index contributed by atoms with van der Waals surface area (Å²) in [7, 11) is 0. The zero-order valence-electron chi connectivity index (χ0n) is 12.5. The Morgan fingerprint density at radius 1 is 1.09 bits per heavy atom. The lowest BCUT2D eigenvalue weighted by atomic mass is 9.83. The standard InChI is InChI=1S/C19H17FO3/c20-16-8-6-14(7-9-16)10-11-19(15-4-2-1-3-5-15)13-17(21)12-18(22)23-19/h1-9,12,21H,10-11,13H2. The largest absolute Gasteiger partial charge is 0.512 e. The van der Waals surface area contributed by atoms with Gasteiger partial charge in [0, 0.05) is 6.42 Å². The molecule has 2 aromatic carbocycles. The average Bonchev–Trinajstić information content (AvgIpc) is 2.54. The van der Waals surface area contributed by atoms with Crippen LogP contribution in [0.4, 0.5) is 4.39 Å². The Balaban J connectivity index is 1.88. The van der Waals surface area contributed by atoms with E-state index in [1.807, 2.05) is 30.3 Å². The van der Waals surface area contributed by atoms with Gasteiger partial charge in [-0.15, -0.1) is 0 Å². The van der Waals surface area contributed by atoms with Gasteiger partial charge in [0.1, 0.15) is 17.2 Å². The van der Waals surface area contributed by atoms with Gasteiger partial charge in [-0.2, -0.15) is 0 Å². The first-order valence-electron chi connectivity index (χ1n) is 7.50. The molecule has 3 nitrogen and oxygen atoms in total. The summed E-state index contributed by atoms with van der Waals surface area (Å²) in [6.07, 6.45) is 2.46. The molecule has 0 saturated carbocycles. The van der Waals surface area contributed by atoms with Crippen molar-refractivity contribution in [3.63, 3.8) is 0 Å². The van der Waals surface area contributed by atoms with Crippen LogP contribution in [0.15, 0.2) is 66.4 Å². The molecule has 0 bridgehead atoms. The zero-order chi connectivity index (χ0) is 16.3. The summed E-state index contributed by atoms with van der Waals surface area (Å²) in [5.74, 6) is -0.808. The topological polar surface area (TPSA) is 46.5 Å². The Kier molecular flexibility index (Phi) is 4.15. The van der Waals surface area contributed by atoms with Gasteiger partial charge in [0.25, 0.3) is 0 Å². The molecule has 0 saturated heterocycles. The molecule has 2 aromatic rings. The Hall–Kier alpha value is -2.62. The van der Waals surface area contributed by atoms with Crippen molar-refractivity contribution < 1.29 is 19.0 Å². The van der Waals surface area contributed by atoms with Crippen molar-refractivity contribution in [2.45, 2.75) is 24.9 Å². The zero-order valence-corrected chi connectivity index (χ0v) is 12.5. The van der Waals surface area contributed by atoms with E-state index in [2.05, 4.69) is 0 Å². The highest BCUT2D eigenvalue weighted by atomic mass is 19.1. The Morgan fingerprint density at radius 3 is 2.43 bits per heavy atom. The lowest BCUT2D eigenvalue weighted by molar-refractivity contribution is -0.159. The molecule has 4 heteroatoms. The second-order valence-corrected chi connectivity index (χ2v) is 5.72. The Bertz CT molecular complexity index is 722. The van der Waals surface area contributed by atoms with E-state index in [4.69, 9.17) is 4.74 Å². The van der Waals surface area contributed by atoms with Crippen molar-refractivity contribution in [1.29, 1.82) is 0 Å². The number of esters is 1. The third kappa shape index (κ3) is 3.42. The van der Waals surface area contributed by atoms with Gasteiger partial charge < -0.3 is 9.84 Å². The van der Waals surface area contributed by atoms with E-state index < -0.39 is 11.6 Å². The molecule has 1 atom stereocenters. The molecule has 0 radical (unpaired) electrons. The molecule has 118 valence electrons. The van der Waals surface area contributed by atoms with Crippen LogP contribution < -0.4 is 0 Å². The number of aliphatic hydroxyl groups excluding tert-OH is 1. The van der Waals surface area contributed by atoms with E-state index in [1.165, 1.54) is 12.1 Å². The summed E-state index contributed by atoms with van der Waals surface area (Å²) >= 11 is 0. The van der Waals surface area contributed by atoms with Crippen LogP contribution in [0.1, 0.15) is 24.0 Å². The first-order chi connectivity index (χ1) is 11.1. The van der Waals surface area contributed by atoms with Crippen LogP contribution in [-0.4, -0.2) is 11.1 Å². The van der Waals surface area contributed by atoms with Crippen molar-refractivity contribution in [1.82, 2.24) is 0 Å². The second-order valence-electron chi connectivity index (χ2n) is 5.72. The number of halogens is 1. The van der Waals surface area contributed by atoms with Gasteiger partial charge in [0.05, 0.1) is 6.08 Å². The summed E-state index contributed by atoms with van der Waals surface area (Å²) in [4.78, 5) is 11.8. The third-order valence-corrected chi connectivity index (χ3v) is 4.08. The molecule has 3 rings (SSSR count). The molecule has 1 N–H and O–H groups in total. The quantitative estimate of drug-likeness (QED) is 0.867. The summed E-state index contributed by atoms with van der Waals surface area (Å²) in [5.41, 5.74) is 0.896. The normalized spacial score (nSPS) is 20.7. The van der Waals surface area contributed by atoms with E-state index in [-0.39, 0.29) is 18.0 Å². The number of carbonyl (C=O) groups excluding carboxylic acids is 1. The number of cyclic esters (lactones) is 1. The first-order valence-corrected chi connectivity index (χ1v) is 7.50. The van der Waals surface area contributed by atoms with Crippen LogP contribution in [0, 0.1) is 5.82 Å². The van der Waals surface area contributed by atoms with Crippen molar-refractivity contribution in [3.05, 3.63) is 83.4 Å². The molecular formula is C19H17FO3. The van der Waals surface area contributed by atoms with Gasteiger partial charge >= 0.3 is 5.97 Å². The number of hydrogen-bond donors (Lipinski definition) is 1. The maximum atomic E-state index is 13.0. The predicted octanol–water partition coefficient (Wildman–Crippen LogP) is 4.04. The van der Waals surface area contributed by atoms with Gasteiger partial charge in [0.2, 0.25) is 0 Å². The number of aryl methyl sites for hydroxylation is 1. The fourth-order valence-electron chi connectivity index (χ4n) is 2.92. The second kappa shape index (κ2) is 6.24. The van der Waals surface area contributed by atoms with Crippen molar-refractivity contribution in [2.24, 2.45) is 0 Å². The van der Waals surface area contributed by atoms with Gasteiger partial charge in [-0.25, -0.2) is 9.18 Å². The van der Waals surface area contributed by atoms with Gasteiger partial charge in [-0.05, 0) is 36.1 Å². The van der Waals surface area contributed by atoms with Crippen LogP contribution in [0.2, 0.25) is 0 Å². The monoisotopic (exact) mass is 312 g/mol. The molecule has 1 aliphatic heterocycles. The molecule has 1 heterocycles. The third-order valence-electron chi connectivity index (χ3n) is 4.08. The smallest absolute Gasteiger partial charge is 0.335 e. The number of aliphatic hydroxyl groups is 1. The van der Waals surface area contributed by atoms with Gasteiger partial charge in [-0.3, -0.25) is 0 Å². The summed E-state index contributed by atoms with van der Waals surface area (Å²) in [6.45, 7) is 0. The minimum atomic E-state index is -0.897. The van der Waals surface area contributed by atoms with Crippen LogP contribution in [0.25, 0.3) is 0 Å². The lowest BCUT2D eigenvalue weighted by Gasteiger charge is -2.36. The summed E-state index contributed by atoms with van der Waals surface area (Å²) < 4.78 is 18.6. The maximum absolute atomic E-state index is 13.0. The van der Waals surface area contributed by atoms with E-state index in [9.17, 15) is 14.3 Å². The Morgan fingerprint density at radius 2 is 1.78 bits per heavy atom. The van der Waals surface area contributed by atoms with Crippen LogP contribution >= 0.6 is 0 Å². The first kappa shape index (κ1) is 15.3. The number of benzene rings is 2. The SMILES string of the molecule is O=C1C=C(O)CC(CCc2ccc(F)cc2)(c2ccccc2)O1. The van der Waals surface area contributed by atoms with Crippen LogP contribution in [0.3, 0.4) is 0 Å². The summed E-state index contributed by atoms with van der Waals surface area (Å²) in [5, 5.41) is 9.92. The Labute approximate surface area is 134 Å². The number of carbonyl (C=O) groups is 1. The van der Waals surface area contributed by atoms with E-state index in [0.717, 1.165) is 17.2 Å². The molecule has 1 unspecified atom stereocenters. The number of hydrogen-bond acceptors (Lipinski definition) is 3. The van der Waals surface area contributed by atoms with Crippen molar-refractivity contribution >= 4 is 5.97 Å². The van der Waals surface area contributed by atoms with Crippen molar-refractivity contribution in [2.75, 3.05) is 0 Å². The maximum Gasteiger partial charge on any atom is 0.335 e. The highest BCUT2D eigenvalue weighted by Gasteiger charge is 2.39. The predicted molar refractivity (Wildman–Crippen MR) is 84.3 cm³/mol. The fraction of sp³-hybridized carbons (Fsp3) is 0.211. The lowest BCUT2D eigenvalue weighted by Crippen LogP contribution is -2.36. The molecule has 0 amide bonds. The molecule has 1 aliphatic rings. The van der Waals surface area contributed by atoms with E-state index in [1.54, 1.807) is 12.1 Å². The minimum absolute atomic E-state index is 0.0178. The molecule has 0 aliphatic carbocycles. The van der Waals surface area contributed by atoms with Crippen LogP contribution in [-0.2, 0) is 21.6 Å². The van der Waals surface area contributed by atoms with Gasteiger partial charge in [-0.1, -0.05) is 42.5 Å². The molecule has 0 spiro atoms. The highest BCUT2D eigenvalue weighted by molar-refractivity contribution is 5.84. The number of rotatable bonds is 4. The fourth-order valence-corrected chi connectivity index (χ4v) is 2.92. The van der Waals surface area contributed by atoms with E-state index in [0.29, 0.717) is 12.8 Å². The van der Waals surface area contributed by atoms with Gasteiger partial charge in [0.15, 0.2) is 0 Å².